The first-order chi connectivity index (χ1) is 14.9. The fourth-order valence-corrected chi connectivity index (χ4v) is 3.95. The molecular weight excluding hydrogens is 396 g/mol. The van der Waals surface area contributed by atoms with Gasteiger partial charge in [0.05, 0.1) is 17.0 Å². The Hall–Kier alpha value is -4.08. The molecule has 0 bridgehead atoms. The number of carbonyl (C=O) groups is 1. The molecule has 31 heavy (non-hydrogen) atoms. The summed E-state index contributed by atoms with van der Waals surface area (Å²) >= 11 is 0. The Morgan fingerprint density at radius 3 is 2.81 bits per heavy atom. The number of benzene rings is 1. The molecular formula is C21H20N8O2. The summed E-state index contributed by atoms with van der Waals surface area (Å²) in [5, 5.41) is 21.4. The van der Waals surface area contributed by atoms with Crippen LogP contribution in [0.5, 0.6) is 0 Å². The maximum atomic E-state index is 11.3. The van der Waals surface area contributed by atoms with Gasteiger partial charge in [-0.1, -0.05) is 19.1 Å². The maximum Gasteiger partial charge on any atom is 0.335 e. The van der Waals surface area contributed by atoms with E-state index in [2.05, 4.69) is 30.2 Å². The molecule has 5 rings (SSSR count). The van der Waals surface area contributed by atoms with Gasteiger partial charge < -0.3 is 5.11 Å². The first-order valence-corrected chi connectivity index (χ1v) is 9.85. The third kappa shape index (κ3) is 3.03. The number of aromatic nitrogens is 8. The second kappa shape index (κ2) is 7.01. The van der Waals surface area contributed by atoms with Gasteiger partial charge in [0.15, 0.2) is 11.5 Å². The van der Waals surface area contributed by atoms with Crippen molar-refractivity contribution in [2.24, 2.45) is 0 Å². The Bertz CT molecular complexity index is 1440. The monoisotopic (exact) mass is 416 g/mol. The van der Waals surface area contributed by atoms with Crippen molar-refractivity contribution in [2.75, 3.05) is 0 Å². The second-order valence-electron chi connectivity index (χ2n) is 7.66. The number of aryl methyl sites for hydroxylation is 2. The van der Waals surface area contributed by atoms with Crippen LogP contribution in [0.3, 0.4) is 0 Å². The highest BCUT2D eigenvalue weighted by atomic mass is 16.4. The number of hydrogen-bond acceptors (Lipinski definition) is 6. The van der Waals surface area contributed by atoms with Gasteiger partial charge in [0, 0.05) is 5.92 Å². The van der Waals surface area contributed by atoms with Crippen LogP contribution < -0.4 is 0 Å². The highest BCUT2D eigenvalue weighted by molar-refractivity contribution is 5.87. The van der Waals surface area contributed by atoms with Crippen molar-refractivity contribution in [3.63, 3.8) is 0 Å². The van der Waals surface area contributed by atoms with Crippen LogP contribution >= 0.6 is 0 Å². The number of nitrogens with one attached hydrogen (secondary N) is 1. The Morgan fingerprint density at radius 2 is 2.00 bits per heavy atom. The van der Waals surface area contributed by atoms with Gasteiger partial charge >= 0.3 is 5.97 Å². The summed E-state index contributed by atoms with van der Waals surface area (Å²) in [6, 6.07) is 6.97. The smallest absolute Gasteiger partial charge is 0.335 e. The average Bonchev–Trinajstić information content (AvgIpc) is 3.42. The molecule has 1 atom stereocenters. The van der Waals surface area contributed by atoms with Gasteiger partial charge in [0.2, 0.25) is 5.65 Å². The zero-order valence-electron chi connectivity index (χ0n) is 17.2. The number of H-pyrrole nitrogens is 1. The molecule has 10 nitrogen and oxygen atoms in total. The Kier molecular flexibility index (Phi) is 4.28. The molecule has 4 aromatic heterocycles. The van der Waals surface area contributed by atoms with Crippen molar-refractivity contribution in [3.8, 4) is 5.69 Å². The maximum absolute atomic E-state index is 11.3. The third-order valence-corrected chi connectivity index (χ3v) is 5.45. The molecule has 0 spiro atoms. The lowest BCUT2D eigenvalue weighted by atomic mass is 9.99. The van der Waals surface area contributed by atoms with E-state index in [0.29, 0.717) is 17.7 Å². The van der Waals surface area contributed by atoms with Gasteiger partial charge in [-0.25, -0.2) is 24.3 Å². The zero-order chi connectivity index (χ0) is 21.7. The number of aromatic carboxylic acids is 1. The molecule has 0 radical (unpaired) electrons. The molecule has 0 aliphatic rings. The number of aromatic amines is 1. The van der Waals surface area contributed by atoms with E-state index in [1.54, 1.807) is 24.5 Å². The number of carboxylic acids is 1. The predicted molar refractivity (Wildman–Crippen MR) is 113 cm³/mol. The average molecular weight is 416 g/mol. The summed E-state index contributed by atoms with van der Waals surface area (Å²) in [7, 11) is 0. The lowest BCUT2D eigenvalue weighted by molar-refractivity contribution is 0.0696. The highest BCUT2D eigenvalue weighted by Gasteiger charge is 2.22. The minimum atomic E-state index is -0.935. The lowest BCUT2D eigenvalue weighted by Crippen LogP contribution is -2.06. The van der Waals surface area contributed by atoms with E-state index in [9.17, 15) is 9.90 Å². The normalized spacial score (nSPS) is 12.6. The quantitative estimate of drug-likeness (QED) is 0.451. The van der Waals surface area contributed by atoms with Crippen molar-refractivity contribution in [1.29, 1.82) is 0 Å². The molecule has 0 amide bonds. The van der Waals surface area contributed by atoms with Crippen LogP contribution in [-0.2, 0) is 6.42 Å². The number of hydrogen-bond donors (Lipinski definition) is 2. The topological polar surface area (TPSA) is 127 Å². The highest BCUT2D eigenvalue weighted by Crippen LogP contribution is 2.27. The van der Waals surface area contributed by atoms with Crippen LogP contribution in [0.25, 0.3) is 22.5 Å². The van der Waals surface area contributed by atoms with E-state index in [1.807, 2.05) is 35.9 Å². The molecule has 0 aliphatic heterocycles. The van der Waals surface area contributed by atoms with Crippen LogP contribution in [-0.4, -0.2) is 50.4 Å². The number of rotatable bonds is 5. The van der Waals surface area contributed by atoms with Crippen molar-refractivity contribution < 1.29 is 9.90 Å². The summed E-state index contributed by atoms with van der Waals surface area (Å²) in [5.74, 6) is -0.162. The molecule has 1 aromatic carbocycles. The fourth-order valence-electron chi connectivity index (χ4n) is 3.95. The summed E-state index contributed by atoms with van der Waals surface area (Å²) in [5.41, 5.74) is 5.88. The van der Waals surface area contributed by atoms with Gasteiger partial charge in [-0.05, 0) is 38.0 Å². The number of nitrogens with zero attached hydrogens (tertiary/aromatic N) is 7. The van der Waals surface area contributed by atoms with E-state index >= 15 is 0 Å². The van der Waals surface area contributed by atoms with Crippen LogP contribution in [0.15, 0.2) is 36.9 Å². The summed E-state index contributed by atoms with van der Waals surface area (Å²) in [4.78, 5) is 24.3. The molecule has 0 saturated heterocycles. The summed E-state index contributed by atoms with van der Waals surface area (Å²) < 4.78 is 3.76. The van der Waals surface area contributed by atoms with Crippen molar-refractivity contribution >= 4 is 22.8 Å². The Balaban J connectivity index is 1.55. The number of carboxylic acid groups (broad SMARTS) is 1. The van der Waals surface area contributed by atoms with E-state index in [0.717, 1.165) is 34.0 Å². The second-order valence-corrected chi connectivity index (χ2v) is 7.66. The van der Waals surface area contributed by atoms with Crippen molar-refractivity contribution in [3.05, 3.63) is 65.3 Å². The van der Waals surface area contributed by atoms with Gasteiger partial charge in [-0.15, -0.1) is 10.2 Å². The minimum absolute atomic E-state index is 0.00838. The molecule has 10 heteroatoms. The first kappa shape index (κ1) is 18.9. The van der Waals surface area contributed by atoms with Crippen LogP contribution in [0.2, 0.25) is 0 Å². The van der Waals surface area contributed by atoms with Gasteiger partial charge in [-0.3, -0.25) is 9.67 Å². The predicted octanol–water partition coefficient (Wildman–Crippen LogP) is 2.85. The van der Waals surface area contributed by atoms with E-state index in [1.165, 1.54) is 6.33 Å². The van der Waals surface area contributed by atoms with E-state index in [-0.39, 0.29) is 11.5 Å². The Labute approximate surface area is 176 Å². The van der Waals surface area contributed by atoms with Crippen LogP contribution in [0.4, 0.5) is 0 Å². The molecule has 5 aromatic rings. The summed E-state index contributed by atoms with van der Waals surface area (Å²) in [6.45, 7) is 5.91. The van der Waals surface area contributed by atoms with Gasteiger partial charge in [0.1, 0.15) is 23.9 Å². The SMILES string of the molecule is Cc1[nH]n2c(C(C)Cc3cccc(C(=O)O)c3)nnc2c1-n1cnc2c(C)ncnc21. The lowest BCUT2D eigenvalue weighted by Gasteiger charge is -2.09. The minimum Gasteiger partial charge on any atom is -0.478 e. The third-order valence-electron chi connectivity index (χ3n) is 5.45. The fraction of sp³-hybridized carbons (Fsp3) is 0.238. The molecule has 156 valence electrons. The number of fused-ring (bicyclic) bond motifs is 2. The van der Waals surface area contributed by atoms with Crippen LogP contribution in [0, 0.1) is 13.8 Å². The molecule has 2 N–H and O–H groups in total. The van der Waals surface area contributed by atoms with E-state index in [4.69, 9.17) is 0 Å². The molecule has 1 unspecified atom stereocenters. The Morgan fingerprint density at radius 1 is 1.16 bits per heavy atom. The van der Waals surface area contributed by atoms with Crippen molar-refractivity contribution in [2.45, 2.75) is 33.1 Å². The summed E-state index contributed by atoms with van der Waals surface area (Å²) in [6.07, 6.45) is 3.88. The zero-order valence-corrected chi connectivity index (χ0v) is 17.2. The van der Waals surface area contributed by atoms with E-state index < -0.39 is 5.97 Å². The first-order valence-electron chi connectivity index (χ1n) is 9.85. The van der Waals surface area contributed by atoms with Crippen LogP contribution in [0.1, 0.15) is 46.0 Å². The molecule has 0 fully saturated rings. The standard InChI is InChI=1S/C21H20N8O2/c1-11(7-14-5-4-6-15(8-14)21(30)31)18-25-26-20-17(13(3)27-29(18)20)28-10-24-16-12(2)22-9-23-19(16)28/h4-6,8-11,27H,7H2,1-3H3,(H,30,31). The largest absolute Gasteiger partial charge is 0.478 e. The molecule has 0 aliphatic carbocycles. The molecule has 4 heterocycles. The van der Waals surface area contributed by atoms with Crippen molar-refractivity contribution in [1.82, 2.24) is 39.3 Å². The van der Waals surface area contributed by atoms with Gasteiger partial charge in [0.25, 0.3) is 0 Å². The number of imidazole rings is 1. The molecule has 0 saturated carbocycles. The van der Waals surface area contributed by atoms with Gasteiger partial charge in [-0.2, -0.15) is 0 Å².